The zero-order valence-corrected chi connectivity index (χ0v) is 11.5. The number of anilines is 1. The molecule has 4 heteroatoms. The van der Waals surface area contributed by atoms with Crippen molar-refractivity contribution in [1.29, 1.82) is 5.26 Å². The minimum Gasteiger partial charge on any atom is -0.495 e. The van der Waals surface area contributed by atoms with Gasteiger partial charge >= 0.3 is 0 Å². The van der Waals surface area contributed by atoms with Crippen molar-refractivity contribution in [2.45, 2.75) is 13.5 Å². The normalized spacial score (nSPS) is 9.85. The quantitative estimate of drug-likeness (QED) is 0.865. The lowest BCUT2D eigenvalue weighted by molar-refractivity contribution is 0.307. The van der Waals surface area contributed by atoms with Gasteiger partial charge in [0.05, 0.1) is 18.4 Å². The Hall–Kier alpha value is -2.67. The Morgan fingerprint density at radius 1 is 1.15 bits per heavy atom. The summed E-state index contributed by atoms with van der Waals surface area (Å²) in [5.41, 5.74) is 8.93. The van der Waals surface area contributed by atoms with Crippen molar-refractivity contribution >= 4 is 5.69 Å². The lowest BCUT2D eigenvalue weighted by Crippen LogP contribution is -2.00. The highest BCUT2D eigenvalue weighted by Crippen LogP contribution is 2.24. The molecule has 0 saturated heterocycles. The molecule has 0 aliphatic carbocycles. The van der Waals surface area contributed by atoms with Crippen LogP contribution in [0.25, 0.3) is 0 Å². The molecule has 0 atom stereocenters. The van der Waals surface area contributed by atoms with E-state index in [9.17, 15) is 0 Å². The zero-order chi connectivity index (χ0) is 14.5. The van der Waals surface area contributed by atoms with Crippen LogP contribution in [0.2, 0.25) is 0 Å². The number of nitrogens with two attached hydrogens (primary N) is 1. The van der Waals surface area contributed by atoms with E-state index in [-0.39, 0.29) is 0 Å². The van der Waals surface area contributed by atoms with E-state index in [0.29, 0.717) is 29.4 Å². The van der Waals surface area contributed by atoms with Crippen LogP contribution in [0.15, 0.2) is 36.4 Å². The number of hydrogen-bond donors (Lipinski definition) is 1. The van der Waals surface area contributed by atoms with Crippen molar-refractivity contribution in [1.82, 2.24) is 0 Å². The SMILES string of the molecule is COc1ccc(COc2cc(C)ccc2N)cc1C#N. The molecule has 102 valence electrons. The predicted octanol–water partition coefficient (Wildman–Crippen LogP) is 3.04. The van der Waals surface area contributed by atoms with Crippen LogP contribution in [0.4, 0.5) is 5.69 Å². The summed E-state index contributed by atoms with van der Waals surface area (Å²) in [6, 6.07) is 13.1. The minimum atomic E-state index is 0.353. The summed E-state index contributed by atoms with van der Waals surface area (Å²) in [6.07, 6.45) is 0. The molecule has 0 saturated carbocycles. The molecule has 0 bridgehead atoms. The van der Waals surface area contributed by atoms with Crippen LogP contribution < -0.4 is 15.2 Å². The first-order chi connectivity index (χ1) is 9.63. The van der Waals surface area contributed by atoms with Crippen molar-refractivity contribution < 1.29 is 9.47 Å². The maximum absolute atomic E-state index is 9.05. The first-order valence-corrected chi connectivity index (χ1v) is 6.20. The van der Waals surface area contributed by atoms with E-state index < -0.39 is 0 Å². The number of nitrogen functional groups attached to an aromatic ring is 1. The smallest absolute Gasteiger partial charge is 0.142 e. The second-order valence-corrected chi connectivity index (χ2v) is 4.48. The number of ether oxygens (including phenoxy) is 2. The van der Waals surface area contributed by atoms with E-state index in [2.05, 4.69) is 6.07 Å². The van der Waals surface area contributed by atoms with Crippen molar-refractivity contribution in [3.8, 4) is 17.6 Å². The van der Waals surface area contributed by atoms with E-state index >= 15 is 0 Å². The zero-order valence-electron chi connectivity index (χ0n) is 11.5. The molecule has 0 aromatic heterocycles. The molecule has 0 aliphatic heterocycles. The summed E-state index contributed by atoms with van der Waals surface area (Å²) in [7, 11) is 1.54. The predicted molar refractivity (Wildman–Crippen MR) is 77.6 cm³/mol. The van der Waals surface area contributed by atoms with Crippen LogP contribution in [-0.2, 0) is 6.61 Å². The molecule has 0 heterocycles. The Balaban J connectivity index is 2.15. The van der Waals surface area contributed by atoms with Gasteiger partial charge < -0.3 is 15.2 Å². The minimum absolute atomic E-state index is 0.353. The van der Waals surface area contributed by atoms with Crippen molar-refractivity contribution in [2.24, 2.45) is 0 Å². The fourth-order valence-corrected chi connectivity index (χ4v) is 1.86. The van der Waals surface area contributed by atoms with E-state index in [1.54, 1.807) is 19.2 Å². The second-order valence-electron chi connectivity index (χ2n) is 4.48. The molecule has 0 spiro atoms. The number of rotatable bonds is 4. The van der Waals surface area contributed by atoms with E-state index in [0.717, 1.165) is 11.1 Å². The Labute approximate surface area is 118 Å². The van der Waals surface area contributed by atoms with Gasteiger partial charge in [0.1, 0.15) is 24.2 Å². The van der Waals surface area contributed by atoms with Crippen molar-refractivity contribution in [2.75, 3.05) is 12.8 Å². The third kappa shape index (κ3) is 3.01. The van der Waals surface area contributed by atoms with Crippen LogP contribution >= 0.6 is 0 Å². The van der Waals surface area contributed by atoms with Crippen LogP contribution in [0.5, 0.6) is 11.5 Å². The van der Waals surface area contributed by atoms with Gasteiger partial charge in [-0.1, -0.05) is 12.1 Å². The van der Waals surface area contributed by atoms with E-state index in [4.69, 9.17) is 20.5 Å². The molecule has 2 N–H and O–H groups in total. The lowest BCUT2D eigenvalue weighted by Gasteiger charge is -2.10. The maximum Gasteiger partial charge on any atom is 0.142 e. The highest BCUT2D eigenvalue weighted by atomic mass is 16.5. The van der Waals surface area contributed by atoms with Crippen LogP contribution in [0.1, 0.15) is 16.7 Å². The Morgan fingerprint density at radius 3 is 2.65 bits per heavy atom. The molecule has 0 unspecified atom stereocenters. The molecular formula is C16H16N2O2. The average Bonchev–Trinajstić information content (AvgIpc) is 2.47. The second kappa shape index (κ2) is 5.98. The number of hydrogen-bond acceptors (Lipinski definition) is 4. The van der Waals surface area contributed by atoms with Crippen molar-refractivity contribution in [3.05, 3.63) is 53.1 Å². The standard InChI is InChI=1S/C16H16N2O2/c1-11-3-5-14(18)16(7-11)20-10-12-4-6-15(19-2)13(8-12)9-17/h3-8H,10,18H2,1-2H3. The summed E-state index contributed by atoms with van der Waals surface area (Å²) in [5, 5.41) is 9.05. The van der Waals surface area contributed by atoms with E-state index in [1.165, 1.54) is 0 Å². The first kappa shape index (κ1) is 13.8. The summed E-state index contributed by atoms with van der Waals surface area (Å²) in [4.78, 5) is 0. The van der Waals surface area contributed by atoms with Crippen LogP contribution in [0.3, 0.4) is 0 Å². The van der Waals surface area contributed by atoms with Crippen LogP contribution in [-0.4, -0.2) is 7.11 Å². The van der Waals surface area contributed by atoms with Gasteiger partial charge in [0.2, 0.25) is 0 Å². The molecule has 2 aromatic carbocycles. The summed E-state index contributed by atoms with van der Waals surface area (Å²) >= 11 is 0. The maximum atomic E-state index is 9.05. The number of benzene rings is 2. The van der Waals surface area contributed by atoms with Gasteiger partial charge in [-0.2, -0.15) is 5.26 Å². The third-order valence-electron chi connectivity index (χ3n) is 2.95. The Kier molecular flexibility index (Phi) is 4.11. The number of nitrogens with zero attached hydrogens (tertiary/aromatic N) is 1. The number of aryl methyl sites for hydroxylation is 1. The van der Waals surface area contributed by atoms with Gasteiger partial charge in [-0.25, -0.2) is 0 Å². The van der Waals surface area contributed by atoms with Crippen molar-refractivity contribution in [3.63, 3.8) is 0 Å². The third-order valence-corrected chi connectivity index (χ3v) is 2.95. The highest BCUT2D eigenvalue weighted by molar-refractivity contribution is 5.54. The molecule has 0 aliphatic rings. The first-order valence-electron chi connectivity index (χ1n) is 6.20. The molecular weight excluding hydrogens is 252 g/mol. The number of nitriles is 1. The summed E-state index contributed by atoms with van der Waals surface area (Å²) in [6.45, 7) is 2.33. The molecule has 0 amide bonds. The lowest BCUT2D eigenvalue weighted by atomic mass is 10.1. The fraction of sp³-hybridized carbons (Fsp3) is 0.188. The summed E-state index contributed by atoms with van der Waals surface area (Å²) in [5.74, 6) is 1.21. The Morgan fingerprint density at radius 2 is 1.95 bits per heavy atom. The fourth-order valence-electron chi connectivity index (χ4n) is 1.86. The topological polar surface area (TPSA) is 68.3 Å². The largest absolute Gasteiger partial charge is 0.495 e. The molecule has 0 fully saturated rings. The van der Waals surface area contributed by atoms with Gasteiger partial charge in [-0.15, -0.1) is 0 Å². The molecule has 20 heavy (non-hydrogen) atoms. The number of methoxy groups -OCH3 is 1. The van der Waals surface area contributed by atoms with Gasteiger partial charge in [0.25, 0.3) is 0 Å². The monoisotopic (exact) mass is 268 g/mol. The summed E-state index contributed by atoms with van der Waals surface area (Å²) < 4.78 is 10.8. The molecule has 0 radical (unpaired) electrons. The molecule has 2 rings (SSSR count). The van der Waals surface area contributed by atoms with Gasteiger partial charge in [0, 0.05) is 0 Å². The van der Waals surface area contributed by atoms with E-state index in [1.807, 2.05) is 31.2 Å². The Bertz CT molecular complexity index is 660. The van der Waals surface area contributed by atoms with Gasteiger partial charge in [-0.3, -0.25) is 0 Å². The van der Waals surface area contributed by atoms with Gasteiger partial charge in [0.15, 0.2) is 0 Å². The van der Waals surface area contributed by atoms with Crippen LogP contribution in [0, 0.1) is 18.3 Å². The van der Waals surface area contributed by atoms with Gasteiger partial charge in [-0.05, 0) is 42.3 Å². The highest BCUT2D eigenvalue weighted by Gasteiger charge is 2.05. The molecule has 4 nitrogen and oxygen atoms in total. The average molecular weight is 268 g/mol. The molecule has 2 aromatic rings.